The highest BCUT2D eigenvalue weighted by Gasteiger charge is 2.33. The minimum Gasteiger partial charge on any atom is -0.497 e. The maximum absolute atomic E-state index is 14.1. The summed E-state index contributed by atoms with van der Waals surface area (Å²) in [5, 5.41) is 11.3. The van der Waals surface area contributed by atoms with Crippen molar-refractivity contribution in [3.63, 3.8) is 0 Å². The lowest BCUT2D eigenvalue weighted by atomic mass is 10.0. The average Bonchev–Trinajstić information content (AvgIpc) is 3.41. The molecule has 0 saturated heterocycles. The van der Waals surface area contributed by atoms with Gasteiger partial charge in [0.25, 0.3) is 5.91 Å². The summed E-state index contributed by atoms with van der Waals surface area (Å²) in [4.78, 5) is 29.7. The van der Waals surface area contributed by atoms with E-state index in [9.17, 15) is 14.0 Å². The lowest BCUT2D eigenvalue weighted by Gasteiger charge is -2.32. The van der Waals surface area contributed by atoms with E-state index in [1.807, 2.05) is 55.5 Å². The zero-order chi connectivity index (χ0) is 29.6. The van der Waals surface area contributed by atoms with Gasteiger partial charge in [-0.2, -0.15) is 0 Å². The number of ether oxygens (including phenoxy) is 2. The number of carbonyl (C=O) groups excluding carboxylic acids is 2. The molecule has 5 rings (SSSR count). The Balaban J connectivity index is 1.56. The number of nitrogens with one attached hydrogen (secondary N) is 1. The van der Waals surface area contributed by atoms with E-state index in [0.717, 1.165) is 5.56 Å². The fourth-order valence-corrected chi connectivity index (χ4v) is 4.69. The first-order valence-corrected chi connectivity index (χ1v) is 13.3. The molecule has 9 nitrogen and oxygen atoms in total. The molecule has 0 saturated carbocycles. The molecule has 0 aliphatic heterocycles. The first-order valence-electron chi connectivity index (χ1n) is 13.3. The molecule has 1 heterocycles. The molecule has 0 aliphatic carbocycles. The zero-order valence-corrected chi connectivity index (χ0v) is 23.5. The standard InChI is InChI=1S/C32H30FN5O4/c1-21-8-12-23(13-9-21)31(32(40)34-27-17-16-25(41-2)18-29(27)42-3)37(19-22-10-14-24(33)15-11-22)30(39)20-38-28-7-5-4-6-26(28)35-36-38/h4-18,31H,19-20H2,1-3H3,(H,34,40). The van der Waals surface area contributed by atoms with E-state index >= 15 is 0 Å². The summed E-state index contributed by atoms with van der Waals surface area (Å²) in [6.07, 6.45) is 0. The number of aryl methyl sites for hydroxylation is 1. The highest BCUT2D eigenvalue weighted by molar-refractivity contribution is 5.99. The molecule has 0 fully saturated rings. The summed E-state index contributed by atoms with van der Waals surface area (Å²) in [6, 6.07) is 24.6. The van der Waals surface area contributed by atoms with Crippen molar-refractivity contribution in [1.29, 1.82) is 0 Å². The number of benzene rings is 4. The normalized spacial score (nSPS) is 11.6. The molecule has 214 valence electrons. The van der Waals surface area contributed by atoms with E-state index in [4.69, 9.17) is 9.47 Å². The van der Waals surface area contributed by atoms with E-state index in [1.165, 1.54) is 35.9 Å². The molecule has 4 aromatic carbocycles. The van der Waals surface area contributed by atoms with Crippen LogP contribution in [-0.4, -0.2) is 45.9 Å². The molecule has 10 heteroatoms. The first kappa shape index (κ1) is 28.3. The first-order chi connectivity index (χ1) is 20.4. The van der Waals surface area contributed by atoms with E-state index in [-0.39, 0.29) is 19.0 Å². The summed E-state index contributed by atoms with van der Waals surface area (Å²) in [5.41, 5.74) is 4.00. The highest BCUT2D eigenvalue weighted by atomic mass is 19.1. The third-order valence-electron chi connectivity index (χ3n) is 6.91. The Labute approximate surface area is 242 Å². The smallest absolute Gasteiger partial charge is 0.251 e. The number of rotatable bonds is 10. The number of halogens is 1. The van der Waals surface area contributed by atoms with Crippen LogP contribution in [0.25, 0.3) is 11.0 Å². The monoisotopic (exact) mass is 567 g/mol. The number of methoxy groups -OCH3 is 2. The van der Waals surface area contributed by atoms with Crippen molar-refractivity contribution in [3.05, 3.63) is 114 Å². The molecule has 0 radical (unpaired) electrons. The highest BCUT2D eigenvalue weighted by Crippen LogP contribution is 2.32. The number of fused-ring (bicyclic) bond motifs is 1. The van der Waals surface area contributed by atoms with Crippen molar-refractivity contribution < 1.29 is 23.5 Å². The lowest BCUT2D eigenvalue weighted by molar-refractivity contribution is -0.140. The molecule has 5 aromatic rings. The van der Waals surface area contributed by atoms with Gasteiger partial charge in [0.15, 0.2) is 0 Å². The molecule has 1 atom stereocenters. The van der Waals surface area contributed by atoms with Crippen LogP contribution in [-0.2, 0) is 22.7 Å². The van der Waals surface area contributed by atoms with Crippen LogP contribution in [0.2, 0.25) is 0 Å². The average molecular weight is 568 g/mol. The number of anilines is 1. The van der Waals surface area contributed by atoms with Gasteiger partial charge in [0.1, 0.15) is 35.4 Å². The summed E-state index contributed by atoms with van der Waals surface area (Å²) in [6.45, 7) is 1.82. The van der Waals surface area contributed by atoms with Crippen molar-refractivity contribution in [3.8, 4) is 11.5 Å². The molecule has 42 heavy (non-hydrogen) atoms. The Morgan fingerprint density at radius 1 is 0.952 bits per heavy atom. The van der Waals surface area contributed by atoms with Gasteiger partial charge >= 0.3 is 0 Å². The van der Waals surface area contributed by atoms with Gasteiger partial charge in [0.05, 0.1) is 25.4 Å². The van der Waals surface area contributed by atoms with E-state index < -0.39 is 17.8 Å². The van der Waals surface area contributed by atoms with Crippen LogP contribution < -0.4 is 14.8 Å². The van der Waals surface area contributed by atoms with Gasteiger partial charge in [0.2, 0.25) is 5.91 Å². The molecular weight excluding hydrogens is 537 g/mol. The second-order valence-corrected chi connectivity index (χ2v) is 9.75. The quantitative estimate of drug-likeness (QED) is 0.246. The van der Waals surface area contributed by atoms with Gasteiger partial charge in [-0.3, -0.25) is 9.59 Å². The fraction of sp³-hybridized carbons (Fsp3) is 0.188. The minimum atomic E-state index is -1.05. The maximum atomic E-state index is 14.1. The van der Waals surface area contributed by atoms with Crippen molar-refractivity contribution in [2.75, 3.05) is 19.5 Å². The topological polar surface area (TPSA) is 98.6 Å². The van der Waals surface area contributed by atoms with Crippen molar-refractivity contribution in [2.45, 2.75) is 26.1 Å². The zero-order valence-electron chi connectivity index (χ0n) is 23.5. The van der Waals surface area contributed by atoms with Gasteiger partial charge in [-0.05, 0) is 54.4 Å². The van der Waals surface area contributed by atoms with E-state index in [1.54, 1.807) is 30.3 Å². The van der Waals surface area contributed by atoms with Crippen LogP contribution in [0.3, 0.4) is 0 Å². The number of amides is 2. The second kappa shape index (κ2) is 12.5. The lowest BCUT2D eigenvalue weighted by Crippen LogP contribution is -2.42. The fourth-order valence-electron chi connectivity index (χ4n) is 4.69. The number of para-hydroxylation sites is 1. The molecule has 0 bridgehead atoms. The van der Waals surface area contributed by atoms with Crippen molar-refractivity contribution >= 4 is 28.5 Å². The Morgan fingerprint density at radius 2 is 1.69 bits per heavy atom. The van der Waals surface area contributed by atoms with Gasteiger partial charge in [-0.15, -0.1) is 5.10 Å². The Morgan fingerprint density at radius 3 is 2.40 bits per heavy atom. The predicted octanol–water partition coefficient (Wildman–Crippen LogP) is 5.30. The second-order valence-electron chi connectivity index (χ2n) is 9.75. The van der Waals surface area contributed by atoms with E-state index in [2.05, 4.69) is 15.6 Å². The molecule has 1 aromatic heterocycles. The number of hydrogen-bond donors (Lipinski definition) is 1. The van der Waals surface area contributed by atoms with Gasteiger partial charge in [0, 0.05) is 12.6 Å². The van der Waals surface area contributed by atoms with Crippen LogP contribution in [0, 0.1) is 12.7 Å². The number of nitrogens with zero attached hydrogens (tertiary/aromatic N) is 4. The molecule has 0 spiro atoms. The minimum absolute atomic E-state index is 0.0391. The molecule has 0 aliphatic rings. The Kier molecular flexibility index (Phi) is 8.42. The molecule has 1 N–H and O–H groups in total. The Bertz CT molecular complexity index is 1700. The number of aromatic nitrogens is 3. The van der Waals surface area contributed by atoms with Gasteiger partial charge < -0.3 is 19.7 Å². The SMILES string of the molecule is COc1ccc(NC(=O)C(c2ccc(C)cc2)N(Cc2ccc(F)cc2)C(=O)Cn2nnc3ccccc32)c(OC)c1. The van der Waals surface area contributed by atoms with Gasteiger partial charge in [-0.1, -0.05) is 59.3 Å². The summed E-state index contributed by atoms with van der Waals surface area (Å²) in [7, 11) is 3.03. The van der Waals surface area contributed by atoms with Crippen molar-refractivity contribution in [1.82, 2.24) is 19.9 Å². The largest absolute Gasteiger partial charge is 0.497 e. The van der Waals surface area contributed by atoms with Crippen LogP contribution in [0.15, 0.2) is 91.0 Å². The molecule has 2 amide bonds. The predicted molar refractivity (Wildman–Crippen MR) is 157 cm³/mol. The molecule has 1 unspecified atom stereocenters. The van der Waals surface area contributed by atoms with Crippen LogP contribution in [0.4, 0.5) is 10.1 Å². The van der Waals surface area contributed by atoms with Crippen LogP contribution in [0.1, 0.15) is 22.7 Å². The molecular formula is C32H30FN5O4. The van der Waals surface area contributed by atoms with Crippen LogP contribution >= 0.6 is 0 Å². The van der Waals surface area contributed by atoms with Gasteiger partial charge in [-0.25, -0.2) is 9.07 Å². The summed E-state index contributed by atoms with van der Waals surface area (Å²) >= 11 is 0. The number of hydrogen-bond acceptors (Lipinski definition) is 6. The Hall–Kier alpha value is -5.25. The third-order valence-corrected chi connectivity index (χ3v) is 6.91. The third kappa shape index (κ3) is 6.22. The summed E-state index contributed by atoms with van der Waals surface area (Å²) < 4.78 is 26.0. The van der Waals surface area contributed by atoms with Crippen LogP contribution in [0.5, 0.6) is 11.5 Å². The number of carbonyl (C=O) groups is 2. The summed E-state index contributed by atoms with van der Waals surface area (Å²) in [5.74, 6) is -0.271. The maximum Gasteiger partial charge on any atom is 0.251 e. The van der Waals surface area contributed by atoms with Crippen molar-refractivity contribution in [2.24, 2.45) is 0 Å². The van der Waals surface area contributed by atoms with E-state index in [0.29, 0.717) is 39.3 Å².